The number of rotatable bonds is 5. The third-order valence-electron chi connectivity index (χ3n) is 4.03. The SMILES string of the molecule is CC1=Nc2ccc(S(=O)(=O)O)cc2C1(C)CCCS(=O)(=O)O.[K+].[K+]. The fraction of sp³-hybridized carbons (Fsp3) is 0.462. The van der Waals surface area contributed by atoms with Crippen molar-refractivity contribution in [1.29, 1.82) is 0 Å². The van der Waals surface area contributed by atoms with Crippen LogP contribution in [0.1, 0.15) is 32.3 Å². The predicted molar refractivity (Wildman–Crippen MR) is 82.0 cm³/mol. The second-order valence-corrected chi connectivity index (χ2v) is 8.57. The number of aliphatic imine (C=N–C) groups is 1. The van der Waals surface area contributed by atoms with Crippen LogP contribution in [0.15, 0.2) is 28.1 Å². The van der Waals surface area contributed by atoms with Gasteiger partial charge >= 0.3 is 103 Å². The molecule has 1 aliphatic rings. The summed E-state index contributed by atoms with van der Waals surface area (Å²) in [6, 6.07) is 4.14. The largest absolute Gasteiger partial charge is 1.00 e. The molecule has 0 saturated carbocycles. The van der Waals surface area contributed by atoms with Crippen LogP contribution < -0.4 is 103 Å². The van der Waals surface area contributed by atoms with E-state index in [1.165, 1.54) is 18.2 Å². The number of hydrogen-bond acceptors (Lipinski definition) is 5. The Labute approximate surface area is 227 Å². The molecule has 0 fully saturated rings. The van der Waals surface area contributed by atoms with E-state index in [-0.39, 0.29) is 120 Å². The van der Waals surface area contributed by atoms with E-state index in [1.54, 1.807) is 6.92 Å². The van der Waals surface area contributed by atoms with E-state index in [9.17, 15) is 16.8 Å². The summed E-state index contributed by atoms with van der Waals surface area (Å²) in [5.74, 6) is -0.372. The fourth-order valence-electron chi connectivity index (χ4n) is 2.64. The van der Waals surface area contributed by atoms with Gasteiger partial charge < -0.3 is 0 Å². The van der Waals surface area contributed by atoms with Crippen LogP contribution in [0.25, 0.3) is 0 Å². The van der Waals surface area contributed by atoms with Crippen molar-refractivity contribution < 1.29 is 129 Å². The summed E-state index contributed by atoms with van der Waals surface area (Å²) in [6.07, 6.45) is 0.585. The molecule has 0 saturated heterocycles. The molecule has 0 spiro atoms. The molecule has 1 aromatic carbocycles. The minimum Gasteiger partial charge on any atom is -0.286 e. The zero-order chi connectivity index (χ0) is 16.8. The van der Waals surface area contributed by atoms with Gasteiger partial charge in [-0.3, -0.25) is 14.1 Å². The Morgan fingerprint density at radius 3 is 2.21 bits per heavy atom. The van der Waals surface area contributed by atoms with Gasteiger partial charge in [-0.25, -0.2) is 0 Å². The molecule has 2 N–H and O–H groups in total. The van der Waals surface area contributed by atoms with Gasteiger partial charge in [0.25, 0.3) is 20.2 Å². The zero-order valence-corrected chi connectivity index (χ0v) is 22.0. The summed E-state index contributed by atoms with van der Waals surface area (Å²) in [5.41, 5.74) is 1.31. The van der Waals surface area contributed by atoms with Gasteiger partial charge in [-0.15, -0.1) is 0 Å². The first kappa shape index (κ1) is 26.0. The average molecular weight is 426 g/mol. The van der Waals surface area contributed by atoms with E-state index in [1.807, 2.05) is 6.92 Å². The molecule has 0 aromatic heterocycles. The van der Waals surface area contributed by atoms with Gasteiger partial charge in [-0.1, -0.05) is 6.92 Å². The Kier molecular flexibility index (Phi) is 10.2. The van der Waals surface area contributed by atoms with Crippen molar-refractivity contribution in [3.05, 3.63) is 23.8 Å². The zero-order valence-electron chi connectivity index (χ0n) is 14.1. The molecule has 0 aliphatic carbocycles. The first-order valence-electron chi connectivity index (χ1n) is 6.56. The van der Waals surface area contributed by atoms with Crippen molar-refractivity contribution in [2.45, 2.75) is 37.0 Å². The summed E-state index contributed by atoms with van der Waals surface area (Å²) < 4.78 is 62.2. The first-order chi connectivity index (χ1) is 9.93. The van der Waals surface area contributed by atoms with Crippen molar-refractivity contribution in [2.24, 2.45) is 4.99 Å². The molecule has 0 amide bonds. The van der Waals surface area contributed by atoms with E-state index in [4.69, 9.17) is 9.11 Å². The van der Waals surface area contributed by atoms with Crippen LogP contribution in [0.5, 0.6) is 0 Å². The van der Waals surface area contributed by atoms with E-state index in [0.29, 0.717) is 17.7 Å². The second-order valence-electron chi connectivity index (χ2n) is 5.57. The van der Waals surface area contributed by atoms with Gasteiger partial charge in [-0.2, -0.15) is 16.8 Å². The number of hydrogen-bond donors (Lipinski definition) is 2. The summed E-state index contributed by atoms with van der Waals surface area (Å²) in [4.78, 5) is 4.15. The maximum Gasteiger partial charge on any atom is 1.00 e. The van der Waals surface area contributed by atoms with Crippen LogP contribution in [-0.2, 0) is 25.7 Å². The maximum atomic E-state index is 11.3. The van der Waals surface area contributed by atoms with Crippen LogP contribution in [-0.4, -0.2) is 37.4 Å². The number of nitrogens with zero attached hydrogens (tertiary/aromatic N) is 1. The molecule has 2 rings (SSSR count). The van der Waals surface area contributed by atoms with Gasteiger partial charge in [0.15, 0.2) is 0 Å². The fourth-order valence-corrected chi connectivity index (χ4v) is 3.65. The molecule has 1 aromatic rings. The van der Waals surface area contributed by atoms with Gasteiger partial charge in [0.1, 0.15) is 0 Å². The Morgan fingerprint density at radius 2 is 1.71 bits per heavy atom. The topological polar surface area (TPSA) is 121 Å². The number of benzene rings is 1. The summed E-state index contributed by atoms with van der Waals surface area (Å²) in [6.45, 7) is 3.61. The van der Waals surface area contributed by atoms with Crippen molar-refractivity contribution >= 4 is 31.6 Å². The molecule has 122 valence electrons. The van der Waals surface area contributed by atoms with E-state index >= 15 is 0 Å². The molecule has 0 radical (unpaired) electrons. The molecule has 1 heterocycles. The maximum absolute atomic E-state index is 11.3. The second kappa shape index (κ2) is 9.46. The molecule has 1 aliphatic heterocycles. The van der Waals surface area contributed by atoms with Crippen LogP contribution in [0.3, 0.4) is 0 Å². The monoisotopic (exact) mass is 425 g/mol. The Morgan fingerprint density at radius 1 is 1.12 bits per heavy atom. The van der Waals surface area contributed by atoms with Crippen LogP contribution in [0.4, 0.5) is 5.69 Å². The standard InChI is InChI=1S/C13H17NO6S2.2K/c1-9-13(2,6-3-7-21(15,16)17)11-8-10(22(18,19)20)4-5-12(11)14-9;;/h4-5,8H,3,6-7H2,1-2H3,(H,15,16,17)(H,18,19,20);;/q;2*+1. The minimum absolute atomic E-state index is 0. The minimum atomic E-state index is -4.32. The average Bonchev–Trinajstić information content (AvgIpc) is 2.59. The first-order valence-corrected chi connectivity index (χ1v) is 9.61. The third-order valence-corrected chi connectivity index (χ3v) is 5.68. The molecule has 24 heavy (non-hydrogen) atoms. The van der Waals surface area contributed by atoms with E-state index < -0.39 is 25.7 Å². The molecular formula is C13H17K2NO6S2+2. The summed E-state index contributed by atoms with van der Waals surface area (Å²) in [5, 5.41) is 0. The smallest absolute Gasteiger partial charge is 0.286 e. The number of fused-ring (bicyclic) bond motifs is 1. The summed E-state index contributed by atoms with van der Waals surface area (Å²) >= 11 is 0. The van der Waals surface area contributed by atoms with Crippen molar-refractivity contribution in [2.75, 3.05) is 5.75 Å². The Balaban J connectivity index is 0.00000264. The van der Waals surface area contributed by atoms with Crippen LogP contribution in [0.2, 0.25) is 0 Å². The van der Waals surface area contributed by atoms with Crippen molar-refractivity contribution in [3.63, 3.8) is 0 Å². The van der Waals surface area contributed by atoms with Gasteiger partial charge in [0, 0.05) is 11.1 Å². The van der Waals surface area contributed by atoms with Gasteiger partial charge in [0.2, 0.25) is 0 Å². The van der Waals surface area contributed by atoms with Crippen molar-refractivity contribution in [1.82, 2.24) is 0 Å². The molecule has 7 nitrogen and oxygen atoms in total. The molecule has 1 unspecified atom stereocenters. The molecule has 0 bridgehead atoms. The molecule has 11 heteroatoms. The van der Waals surface area contributed by atoms with Gasteiger partial charge in [-0.05, 0) is 43.5 Å². The van der Waals surface area contributed by atoms with Gasteiger partial charge in [0.05, 0.1) is 16.3 Å². The third kappa shape index (κ3) is 6.26. The Hall–Kier alpha value is 1.98. The summed E-state index contributed by atoms with van der Waals surface area (Å²) in [7, 11) is -8.37. The normalized spacial score (nSPS) is 19.8. The van der Waals surface area contributed by atoms with Crippen molar-refractivity contribution in [3.8, 4) is 0 Å². The van der Waals surface area contributed by atoms with E-state index in [2.05, 4.69) is 4.99 Å². The molecular weight excluding hydrogens is 408 g/mol. The van der Waals surface area contributed by atoms with Crippen LogP contribution in [0, 0.1) is 0 Å². The van der Waals surface area contributed by atoms with E-state index in [0.717, 1.165) is 5.71 Å². The quantitative estimate of drug-likeness (QED) is 0.366. The molecule has 1 atom stereocenters. The Bertz CT molecular complexity index is 851. The predicted octanol–water partition coefficient (Wildman–Crippen LogP) is -4.03. The van der Waals surface area contributed by atoms with Crippen LogP contribution >= 0.6 is 0 Å².